The topological polar surface area (TPSA) is 63.6 Å². The molecule has 7 heteroatoms. The summed E-state index contributed by atoms with van der Waals surface area (Å²) in [6.07, 6.45) is 0.377. The molecule has 0 rings (SSSR count). The van der Waals surface area contributed by atoms with Gasteiger partial charge in [0.2, 0.25) is 0 Å². The Labute approximate surface area is 108 Å². The van der Waals surface area contributed by atoms with Crippen LogP contribution in [0.15, 0.2) is 0 Å². The average Bonchev–Trinajstić information content (AvgIpc) is 1.63. The van der Waals surface area contributed by atoms with E-state index in [9.17, 15) is 8.42 Å². The van der Waals surface area contributed by atoms with Gasteiger partial charge in [-0.3, -0.25) is 4.55 Å². The van der Waals surface area contributed by atoms with Crippen LogP contribution in [0, 0.1) is 0 Å². The maximum absolute atomic E-state index is 10.0. The molecule has 0 aliphatic carbocycles. The molecule has 0 aromatic carbocycles. The number of rotatable bonds is 4. The second kappa shape index (κ2) is 7.38. The second-order valence-corrected chi connectivity index (χ2v) is 3.78. The third kappa shape index (κ3) is 12.4. The third-order valence-corrected chi connectivity index (χ3v) is 1.96. The average molecular weight is 210 g/mol. The maximum atomic E-state index is 10.0. The van der Waals surface area contributed by atoms with Gasteiger partial charge in [-0.15, -0.1) is 0 Å². The molecule has 0 saturated heterocycles. The van der Waals surface area contributed by atoms with Gasteiger partial charge in [0.25, 0.3) is 10.1 Å². The van der Waals surface area contributed by atoms with Crippen molar-refractivity contribution in [2.75, 3.05) is 12.4 Å². The van der Waals surface area contributed by atoms with Crippen LogP contribution in [0.4, 0.5) is 0 Å². The van der Waals surface area contributed by atoms with Gasteiger partial charge in [-0.05, 0) is 6.42 Å². The summed E-state index contributed by atoms with van der Waals surface area (Å²) >= 11 is 0. The van der Waals surface area contributed by atoms with Crippen molar-refractivity contribution in [3.05, 3.63) is 0 Å². The van der Waals surface area contributed by atoms with Gasteiger partial charge in [-0.2, -0.15) is 8.42 Å². The molecule has 0 atom stereocenters. The minimum Gasteiger partial charge on any atom is -1.00 e. The van der Waals surface area contributed by atoms with Crippen molar-refractivity contribution in [1.29, 1.82) is 0 Å². The Kier molecular flexibility index (Phi) is 10.5. The van der Waals surface area contributed by atoms with E-state index in [0.29, 0.717) is 23.5 Å². The Morgan fingerprint density at radius 1 is 1.60 bits per heavy atom. The zero-order valence-electron chi connectivity index (χ0n) is 7.20. The van der Waals surface area contributed by atoms with Crippen LogP contribution in [-0.2, 0) is 14.5 Å². The first-order chi connectivity index (χ1) is 4.06. The Bertz CT molecular complexity index is 161. The molecule has 0 aromatic rings. The molecular formula is C3H11KO4SSi. The summed E-state index contributed by atoms with van der Waals surface area (Å²) in [6.45, 7) is 0.423. The Morgan fingerprint density at radius 2 is 2.10 bits per heavy atom. The van der Waals surface area contributed by atoms with Gasteiger partial charge in [0.05, 0.1) is 5.75 Å². The van der Waals surface area contributed by atoms with Crippen LogP contribution < -0.4 is 51.4 Å². The van der Waals surface area contributed by atoms with E-state index in [4.69, 9.17) is 8.98 Å². The van der Waals surface area contributed by atoms with Crippen LogP contribution in [0.25, 0.3) is 0 Å². The van der Waals surface area contributed by atoms with Crippen molar-refractivity contribution < 1.29 is 70.2 Å². The van der Waals surface area contributed by atoms with Crippen molar-refractivity contribution in [3.8, 4) is 0 Å². The Morgan fingerprint density at radius 3 is 2.40 bits per heavy atom. The van der Waals surface area contributed by atoms with Crippen molar-refractivity contribution in [2.45, 2.75) is 6.42 Å². The number of hydrogen-bond donors (Lipinski definition) is 1. The van der Waals surface area contributed by atoms with Crippen molar-refractivity contribution in [3.63, 3.8) is 0 Å². The summed E-state index contributed by atoms with van der Waals surface area (Å²) in [5, 5.41) is 0. The third-order valence-electron chi connectivity index (χ3n) is 0.751. The molecule has 0 fully saturated rings. The predicted molar refractivity (Wildman–Crippen MR) is 38.0 cm³/mol. The van der Waals surface area contributed by atoms with Gasteiger partial charge in [-0.1, -0.05) is 0 Å². The van der Waals surface area contributed by atoms with Crippen LogP contribution in [0.1, 0.15) is 7.85 Å². The minimum atomic E-state index is -3.76. The first-order valence-electron chi connectivity index (χ1n) is 2.50. The number of hydrogen-bond acceptors (Lipinski definition) is 3. The van der Waals surface area contributed by atoms with E-state index in [2.05, 4.69) is 0 Å². The molecule has 0 aliphatic heterocycles. The molecule has 0 aliphatic rings. The molecule has 0 heterocycles. The van der Waals surface area contributed by atoms with E-state index < -0.39 is 10.1 Å². The summed E-state index contributed by atoms with van der Waals surface area (Å²) in [5.41, 5.74) is 0. The van der Waals surface area contributed by atoms with Crippen LogP contribution in [0.3, 0.4) is 0 Å². The van der Waals surface area contributed by atoms with Crippen LogP contribution in [0.5, 0.6) is 0 Å². The van der Waals surface area contributed by atoms with Gasteiger partial charge in [0, 0.05) is 6.61 Å². The minimum absolute atomic E-state index is 0. The maximum Gasteiger partial charge on any atom is 1.00 e. The van der Waals surface area contributed by atoms with E-state index in [0.717, 1.165) is 0 Å². The zero-order valence-corrected chi connectivity index (χ0v) is 12.1. The van der Waals surface area contributed by atoms with Gasteiger partial charge in [-0.25, -0.2) is 0 Å². The van der Waals surface area contributed by atoms with Gasteiger partial charge >= 0.3 is 51.4 Å². The normalized spacial score (nSPS) is 10.9. The first-order valence-corrected chi connectivity index (χ1v) is 4.93. The molecule has 10 heavy (non-hydrogen) atoms. The quantitative estimate of drug-likeness (QED) is 0.290. The molecule has 0 bridgehead atoms. The molecule has 58 valence electrons. The van der Waals surface area contributed by atoms with Crippen molar-refractivity contribution in [2.24, 2.45) is 0 Å². The SMILES string of the molecule is O=S(=O)(O)CCCO[SiH3].[H-].[K+]. The molecular weight excluding hydrogens is 199 g/mol. The zero-order chi connectivity index (χ0) is 7.33. The molecule has 0 aromatic heterocycles. The summed E-state index contributed by atoms with van der Waals surface area (Å²) in [7, 11) is -3.15. The van der Waals surface area contributed by atoms with Gasteiger partial charge in [0.15, 0.2) is 0 Å². The van der Waals surface area contributed by atoms with E-state index in [-0.39, 0.29) is 58.6 Å². The fraction of sp³-hybridized carbons (Fsp3) is 1.00. The van der Waals surface area contributed by atoms with Gasteiger partial charge < -0.3 is 5.85 Å². The van der Waals surface area contributed by atoms with Crippen molar-refractivity contribution >= 4 is 20.6 Å². The Hall–Kier alpha value is 1.72. The monoisotopic (exact) mass is 210 g/mol. The smallest absolute Gasteiger partial charge is 1.00 e. The summed E-state index contributed by atoms with van der Waals surface area (Å²) in [5.74, 6) is -0.199. The van der Waals surface area contributed by atoms with Crippen LogP contribution >= 0.6 is 0 Å². The standard InChI is InChI=1S/C3H10O4SSi.K.H/c4-8(5,6)3-1-2-7-9;;/h1-3H2,9H3,(H,4,5,6);;/q;+1;-1. The van der Waals surface area contributed by atoms with Crippen molar-refractivity contribution in [1.82, 2.24) is 0 Å². The molecule has 0 saturated carbocycles. The van der Waals surface area contributed by atoms with E-state index in [1.54, 1.807) is 0 Å². The fourth-order valence-corrected chi connectivity index (χ4v) is 1.16. The van der Waals surface area contributed by atoms with Crippen LogP contribution in [-0.4, -0.2) is 35.8 Å². The summed E-state index contributed by atoms with van der Waals surface area (Å²) < 4.78 is 32.9. The largest absolute Gasteiger partial charge is 1.00 e. The second-order valence-electron chi connectivity index (χ2n) is 1.63. The van der Waals surface area contributed by atoms with E-state index >= 15 is 0 Å². The Balaban J connectivity index is -0.000000320. The molecule has 1 N–H and O–H groups in total. The molecule has 0 unspecified atom stereocenters. The molecule has 4 nitrogen and oxygen atoms in total. The van der Waals surface area contributed by atoms with E-state index in [1.807, 2.05) is 0 Å². The molecule has 0 radical (unpaired) electrons. The summed E-state index contributed by atoms with van der Waals surface area (Å²) in [4.78, 5) is 0. The molecule has 0 spiro atoms. The summed E-state index contributed by atoms with van der Waals surface area (Å²) in [6, 6.07) is 0. The van der Waals surface area contributed by atoms with Crippen LogP contribution in [0.2, 0.25) is 0 Å². The molecule has 0 amide bonds. The first kappa shape index (κ1) is 14.3. The fourth-order valence-electron chi connectivity index (χ4n) is 0.386. The van der Waals surface area contributed by atoms with Gasteiger partial charge in [0.1, 0.15) is 10.5 Å². The predicted octanol–water partition coefficient (Wildman–Crippen LogP) is -4.32. The van der Waals surface area contributed by atoms with E-state index in [1.165, 1.54) is 0 Å².